The number of hydrogen-bond acceptors (Lipinski definition) is 5. The van der Waals surface area contributed by atoms with Gasteiger partial charge in [0.2, 0.25) is 0 Å². The van der Waals surface area contributed by atoms with E-state index in [0.717, 1.165) is 11.8 Å². The van der Waals surface area contributed by atoms with Gasteiger partial charge in [-0.3, -0.25) is 19.3 Å². The minimum Gasteiger partial charge on any atom is -0.480 e. The molecule has 3 atom stereocenters. The number of rotatable bonds is 9. The first-order valence-corrected chi connectivity index (χ1v) is 6.79. The summed E-state index contributed by atoms with van der Waals surface area (Å²) in [5.74, 6) is -2.81. The molecule has 0 saturated heterocycles. The summed E-state index contributed by atoms with van der Waals surface area (Å²) < 4.78 is 0. The molecule has 0 rings (SSSR count). The first-order valence-electron chi connectivity index (χ1n) is 5.74. The van der Waals surface area contributed by atoms with Crippen LogP contribution >= 0.6 is 11.8 Å². The Bertz CT molecular complexity index is 328. The summed E-state index contributed by atoms with van der Waals surface area (Å²) in [6.45, 7) is 4.54. The van der Waals surface area contributed by atoms with Gasteiger partial charge in [0.05, 0.1) is 5.25 Å². The highest BCUT2D eigenvalue weighted by Crippen LogP contribution is 2.14. The molecule has 0 saturated carbocycles. The molecule has 0 heterocycles. The topological polar surface area (TPSA) is 115 Å². The number of aliphatic carboxylic acids is 3. The van der Waals surface area contributed by atoms with Gasteiger partial charge in [-0.15, -0.1) is 11.8 Å². The van der Waals surface area contributed by atoms with Crippen LogP contribution in [0.2, 0.25) is 0 Å². The molecule has 0 radical (unpaired) electrons. The molecule has 0 aromatic rings. The Balaban J connectivity index is 4.56. The Hall–Kier alpha value is -1.28. The molecule has 3 N–H and O–H groups in total. The largest absolute Gasteiger partial charge is 0.480 e. The van der Waals surface area contributed by atoms with Gasteiger partial charge in [-0.05, 0) is 20.8 Å². The summed E-state index contributed by atoms with van der Waals surface area (Å²) in [6, 6.07) is -1.88. The van der Waals surface area contributed by atoms with E-state index in [9.17, 15) is 14.4 Å². The van der Waals surface area contributed by atoms with Crippen molar-refractivity contribution in [2.24, 2.45) is 0 Å². The number of hydrogen-bond donors (Lipinski definition) is 3. The van der Waals surface area contributed by atoms with Gasteiger partial charge >= 0.3 is 17.9 Å². The molecule has 0 spiro atoms. The zero-order valence-corrected chi connectivity index (χ0v) is 11.9. The normalized spacial score (nSPS) is 15.8. The number of thioether (sulfide) groups is 1. The fourth-order valence-corrected chi connectivity index (χ4v) is 2.22. The van der Waals surface area contributed by atoms with E-state index in [4.69, 9.17) is 15.3 Å². The fourth-order valence-electron chi connectivity index (χ4n) is 1.41. The van der Waals surface area contributed by atoms with Crippen molar-refractivity contribution in [3.05, 3.63) is 0 Å². The first-order chi connectivity index (χ1) is 8.68. The van der Waals surface area contributed by atoms with Crippen LogP contribution in [0.4, 0.5) is 0 Å². The van der Waals surface area contributed by atoms with Gasteiger partial charge in [-0.1, -0.05) is 0 Å². The molecule has 0 fully saturated rings. The third-order valence-electron chi connectivity index (χ3n) is 2.77. The van der Waals surface area contributed by atoms with Gasteiger partial charge in [0.15, 0.2) is 0 Å². The Morgan fingerprint density at radius 2 is 1.37 bits per heavy atom. The van der Waals surface area contributed by atoms with E-state index in [0.29, 0.717) is 5.75 Å². The van der Waals surface area contributed by atoms with Crippen molar-refractivity contribution >= 4 is 29.7 Å². The van der Waals surface area contributed by atoms with E-state index in [1.807, 2.05) is 0 Å². The third-order valence-corrected chi connectivity index (χ3v) is 3.89. The van der Waals surface area contributed by atoms with E-state index < -0.39 is 35.2 Å². The van der Waals surface area contributed by atoms with Crippen LogP contribution in [-0.4, -0.2) is 67.8 Å². The van der Waals surface area contributed by atoms with Crippen molar-refractivity contribution in [2.75, 3.05) is 12.3 Å². The van der Waals surface area contributed by atoms with Crippen molar-refractivity contribution in [1.29, 1.82) is 0 Å². The van der Waals surface area contributed by atoms with Crippen molar-refractivity contribution in [1.82, 2.24) is 4.90 Å². The highest BCUT2D eigenvalue weighted by molar-refractivity contribution is 8.00. The second-order valence-electron chi connectivity index (χ2n) is 4.12. The van der Waals surface area contributed by atoms with Crippen molar-refractivity contribution in [3.63, 3.8) is 0 Å². The second-order valence-corrected chi connectivity index (χ2v) is 5.57. The molecule has 0 amide bonds. The molecule has 0 aliphatic heterocycles. The monoisotopic (exact) mass is 293 g/mol. The summed E-state index contributed by atoms with van der Waals surface area (Å²) in [6.07, 6.45) is 0. The van der Waals surface area contributed by atoms with Crippen LogP contribution in [0.3, 0.4) is 0 Å². The average molecular weight is 293 g/mol. The molecule has 8 heteroatoms. The molecule has 3 unspecified atom stereocenters. The highest BCUT2D eigenvalue weighted by Gasteiger charge is 2.29. The highest BCUT2D eigenvalue weighted by atomic mass is 32.2. The summed E-state index contributed by atoms with van der Waals surface area (Å²) in [4.78, 5) is 33.8. The van der Waals surface area contributed by atoms with Crippen LogP contribution in [0.15, 0.2) is 0 Å². The Morgan fingerprint density at radius 1 is 0.947 bits per heavy atom. The predicted octanol–water partition coefficient (Wildman–Crippen LogP) is 0.441. The maximum atomic E-state index is 10.9. The van der Waals surface area contributed by atoms with Gasteiger partial charge in [-0.2, -0.15) is 0 Å². The van der Waals surface area contributed by atoms with Crippen LogP contribution in [0.5, 0.6) is 0 Å². The van der Waals surface area contributed by atoms with E-state index in [-0.39, 0.29) is 6.54 Å². The third kappa shape index (κ3) is 5.93. The quantitative estimate of drug-likeness (QED) is 0.561. The molecule has 7 nitrogen and oxygen atoms in total. The predicted molar refractivity (Wildman–Crippen MR) is 70.5 cm³/mol. The molecule has 19 heavy (non-hydrogen) atoms. The number of carbonyl (C=O) groups is 3. The zero-order valence-electron chi connectivity index (χ0n) is 11.1. The van der Waals surface area contributed by atoms with E-state index in [1.54, 1.807) is 0 Å². The minimum atomic E-state index is -1.11. The maximum Gasteiger partial charge on any atom is 0.320 e. The molecular weight excluding hydrogens is 274 g/mol. The Kier molecular flexibility index (Phi) is 7.47. The molecular formula is C11H19NO6S. The lowest BCUT2D eigenvalue weighted by atomic mass is 10.2. The van der Waals surface area contributed by atoms with Gasteiger partial charge < -0.3 is 15.3 Å². The maximum absolute atomic E-state index is 10.9. The molecule has 0 aliphatic carbocycles. The molecule has 0 aromatic carbocycles. The van der Waals surface area contributed by atoms with Crippen LogP contribution in [0.1, 0.15) is 20.8 Å². The van der Waals surface area contributed by atoms with E-state index >= 15 is 0 Å². The lowest BCUT2D eigenvalue weighted by Gasteiger charge is -2.29. The van der Waals surface area contributed by atoms with Crippen LogP contribution in [-0.2, 0) is 14.4 Å². The van der Waals surface area contributed by atoms with Gasteiger partial charge in [0.25, 0.3) is 0 Å². The van der Waals surface area contributed by atoms with Gasteiger partial charge in [0.1, 0.15) is 12.1 Å². The lowest BCUT2D eigenvalue weighted by Crippen LogP contribution is -2.49. The Labute approximate surface area is 115 Å². The van der Waals surface area contributed by atoms with E-state index in [2.05, 4.69) is 0 Å². The minimum absolute atomic E-state index is 0.198. The average Bonchev–Trinajstić information content (AvgIpc) is 2.32. The van der Waals surface area contributed by atoms with Gasteiger partial charge in [0, 0.05) is 12.3 Å². The molecule has 110 valence electrons. The standard InChI is InChI=1S/C11H19NO6S/c1-6(9(13)14)12(7(2)10(15)16)4-5-19-8(3)11(17)18/h6-8H,4-5H2,1-3H3,(H,13,14)(H,15,16)(H,17,18). The number of carboxylic acid groups (broad SMARTS) is 3. The van der Waals surface area contributed by atoms with E-state index in [1.165, 1.54) is 25.7 Å². The lowest BCUT2D eigenvalue weighted by molar-refractivity contribution is -0.149. The van der Waals surface area contributed by atoms with Crippen molar-refractivity contribution < 1.29 is 29.7 Å². The summed E-state index contributed by atoms with van der Waals surface area (Å²) in [7, 11) is 0. The molecule has 0 bridgehead atoms. The second kappa shape index (κ2) is 8.00. The van der Waals surface area contributed by atoms with Gasteiger partial charge in [-0.25, -0.2) is 0 Å². The SMILES string of the molecule is CC(SCCN(C(C)C(=O)O)C(C)C(=O)O)C(=O)O. The molecule has 0 aromatic heterocycles. The zero-order chi connectivity index (χ0) is 15.2. The molecule has 0 aliphatic rings. The number of nitrogens with zero attached hydrogens (tertiary/aromatic N) is 1. The van der Waals surface area contributed by atoms with Crippen molar-refractivity contribution in [3.8, 4) is 0 Å². The smallest absolute Gasteiger partial charge is 0.320 e. The van der Waals surface area contributed by atoms with Crippen LogP contribution in [0.25, 0.3) is 0 Å². The fraction of sp³-hybridized carbons (Fsp3) is 0.727. The summed E-state index contributed by atoms with van der Waals surface area (Å²) >= 11 is 1.14. The van der Waals surface area contributed by atoms with Crippen molar-refractivity contribution in [2.45, 2.75) is 38.1 Å². The first kappa shape index (κ1) is 17.7. The summed E-state index contributed by atoms with van der Waals surface area (Å²) in [5.41, 5.74) is 0. The number of carboxylic acids is 3. The van der Waals surface area contributed by atoms with Crippen LogP contribution in [0, 0.1) is 0 Å². The van der Waals surface area contributed by atoms with Crippen LogP contribution < -0.4 is 0 Å². The summed E-state index contributed by atoms with van der Waals surface area (Å²) in [5, 5.41) is 26.0. The Morgan fingerprint density at radius 3 is 1.68 bits per heavy atom.